The van der Waals surface area contributed by atoms with Gasteiger partial charge in [0.25, 0.3) is 0 Å². The van der Waals surface area contributed by atoms with Crippen LogP contribution in [0.25, 0.3) is 0 Å². The summed E-state index contributed by atoms with van der Waals surface area (Å²) in [7, 11) is 1.75. The Bertz CT molecular complexity index is 984. The van der Waals surface area contributed by atoms with E-state index in [0.29, 0.717) is 24.6 Å². The maximum atomic E-state index is 5.93. The maximum absolute atomic E-state index is 5.93. The lowest BCUT2D eigenvalue weighted by atomic mass is 9.87. The largest absolute Gasteiger partial charge is 0.497 e. The number of rotatable bonds is 7. The average Bonchev–Trinajstić information content (AvgIpc) is 3.58. The molecule has 0 saturated heterocycles. The van der Waals surface area contributed by atoms with Crippen LogP contribution < -0.4 is 14.8 Å². The van der Waals surface area contributed by atoms with Crippen molar-refractivity contribution in [3.63, 3.8) is 0 Å². The van der Waals surface area contributed by atoms with Crippen LogP contribution in [-0.2, 0) is 13.0 Å². The van der Waals surface area contributed by atoms with Gasteiger partial charge in [0.2, 0.25) is 0 Å². The van der Waals surface area contributed by atoms with Crippen LogP contribution in [0.15, 0.2) is 72.8 Å². The summed E-state index contributed by atoms with van der Waals surface area (Å²) in [5, 5.41) is 3.92. The Labute approximate surface area is 179 Å². The van der Waals surface area contributed by atoms with Crippen LogP contribution in [0.3, 0.4) is 0 Å². The van der Waals surface area contributed by atoms with Crippen molar-refractivity contribution in [2.24, 2.45) is 0 Å². The zero-order valence-corrected chi connectivity index (χ0v) is 17.5. The van der Waals surface area contributed by atoms with E-state index in [0.717, 1.165) is 11.5 Å². The molecule has 3 aromatic carbocycles. The molecule has 2 aliphatic rings. The van der Waals surface area contributed by atoms with Crippen LogP contribution in [0, 0.1) is 0 Å². The van der Waals surface area contributed by atoms with Crippen LogP contribution in [-0.4, -0.2) is 13.2 Å². The zero-order valence-electron chi connectivity index (χ0n) is 17.5. The van der Waals surface area contributed by atoms with Crippen molar-refractivity contribution in [1.29, 1.82) is 0 Å². The fourth-order valence-corrected chi connectivity index (χ4v) is 4.64. The number of benzene rings is 3. The molecule has 0 radical (unpaired) electrons. The van der Waals surface area contributed by atoms with Crippen LogP contribution >= 0.6 is 0 Å². The van der Waals surface area contributed by atoms with Crippen molar-refractivity contribution < 1.29 is 9.47 Å². The minimum Gasteiger partial charge on any atom is -0.497 e. The second kappa shape index (κ2) is 8.53. The standard InChI is InChI=1S/C27H29NO2/c1-29-23-15-12-20-8-5-9-26(24(20)16-23)28-27-17-25(27)21-10-13-22(14-11-21)30-18-19-6-3-2-4-7-19/h2-4,6-7,10-16,25-28H,5,8-9,17-18H2,1H3/t25-,26?,27+/m0/s1. The molecule has 154 valence electrons. The monoisotopic (exact) mass is 399 g/mol. The Kier molecular flexibility index (Phi) is 5.46. The molecule has 3 atom stereocenters. The Hall–Kier alpha value is -2.78. The average molecular weight is 400 g/mol. The van der Waals surface area contributed by atoms with E-state index in [1.807, 2.05) is 18.2 Å². The summed E-state index contributed by atoms with van der Waals surface area (Å²) in [5.41, 5.74) is 5.49. The number of fused-ring (bicyclic) bond motifs is 1. The number of ether oxygens (including phenoxy) is 2. The van der Waals surface area contributed by atoms with Crippen LogP contribution in [0.4, 0.5) is 0 Å². The molecule has 1 fully saturated rings. The van der Waals surface area contributed by atoms with E-state index in [4.69, 9.17) is 9.47 Å². The van der Waals surface area contributed by atoms with E-state index in [1.54, 1.807) is 7.11 Å². The van der Waals surface area contributed by atoms with Gasteiger partial charge in [-0.25, -0.2) is 0 Å². The lowest BCUT2D eigenvalue weighted by molar-refractivity contribution is 0.306. The van der Waals surface area contributed by atoms with Gasteiger partial charge in [-0.1, -0.05) is 48.5 Å². The van der Waals surface area contributed by atoms with E-state index in [-0.39, 0.29) is 0 Å². The quantitative estimate of drug-likeness (QED) is 0.545. The van der Waals surface area contributed by atoms with Crippen molar-refractivity contribution >= 4 is 0 Å². The third-order valence-electron chi connectivity index (χ3n) is 6.43. The second-order valence-electron chi connectivity index (χ2n) is 8.47. The summed E-state index contributed by atoms with van der Waals surface area (Å²) < 4.78 is 11.4. The first-order valence-corrected chi connectivity index (χ1v) is 11.0. The van der Waals surface area contributed by atoms with Crippen molar-refractivity contribution in [2.75, 3.05) is 7.11 Å². The summed E-state index contributed by atoms with van der Waals surface area (Å²) in [4.78, 5) is 0. The van der Waals surface area contributed by atoms with Crippen molar-refractivity contribution in [2.45, 2.75) is 50.3 Å². The lowest BCUT2D eigenvalue weighted by Crippen LogP contribution is -2.27. The van der Waals surface area contributed by atoms with Crippen LogP contribution in [0.2, 0.25) is 0 Å². The molecule has 0 aromatic heterocycles. The van der Waals surface area contributed by atoms with E-state index in [2.05, 4.69) is 59.9 Å². The number of hydrogen-bond acceptors (Lipinski definition) is 3. The fraction of sp³-hybridized carbons (Fsp3) is 0.333. The third-order valence-corrected chi connectivity index (χ3v) is 6.43. The van der Waals surface area contributed by atoms with Crippen LogP contribution in [0.5, 0.6) is 11.5 Å². The Morgan fingerprint density at radius 3 is 2.53 bits per heavy atom. The molecular formula is C27H29NO2. The summed E-state index contributed by atoms with van der Waals surface area (Å²) >= 11 is 0. The van der Waals surface area contributed by atoms with Gasteiger partial charge < -0.3 is 14.8 Å². The first kappa shape index (κ1) is 19.2. The number of nitrogens with one attached hydrogen (secondary N) is 1. The van der Waals surface area contributed by atoms with Gasteiger partial charge in [-0.3, -0.25) is 0 Å². The normalized spacial score (nSPS) is 22.2. The van der Waals surface area contributed by atoms with Gasteiger partial charge in [0.1, 0.15) is 18.1 Å². The van der Waals surface area contributed by atoms with Gasteiger partial charge in [0.15, 0.2) is 0 Å². The SMILES string of the molecule is COc1ccc2c(c1)C(N[C@@H]1C[C@H]1c1ccc(OCc3ccccc3)cc1)CCC2. The first-order valence-electron chi connectivity index (χ1n) is 11.0. The summed E-state index contributed by atoms with van der Waals surface area (Å²) in [6.07, 6.45) is 4.84. The minimum atomic E-state index is 0.437. The molecule has 2 aliphatic carbocycles. The molecule has 1 unspecified atom stereocenters. The van der Waals surface area contributed by atoms with E-state index in [1.165, 1.54) is 47.9 Å². The molecule has 5 rings (SSSR count). The lowest BCUT2D eigenvalue weighted by Gasteiger charge is -2.27. The van der Waals surface area contributed by atoms with Gasteiger partial charge in [-0.05, 0) is 72.2 Å². The van der Waals surface area contributed by atoms with Gasteiger partial charge in [0.05, 0.1) is 7.11 Å². The number of hydrogen-bond donors (Lipinski definition) is 1. The summed E-state index contributed by atoms with van der Waals surface area (Å²) in [6.45, 7) is 0.609. The molecule has 1 saturated carbocycles. The zero-order chi connectivity index (χ0) is 20.3. The summed E-state index contributed by atoms with van der Waals surface area (Å²) in [5.74, 6) is 2.49. The van der Waals surface area contributed by atoms with Gasteiger partial charge >= 0.3 is 0 Å². The molecule has 0 amide bonds. The highest BCUT2D eigenvalue weighted by Gasteiger charge is 2.40. The molecule has 3 heteroatoms. The Morgan fingerprint density at radius 2 is 1.73 bits per heavy atom. The molecule has 3 aromatic rings. The highest BCUT2D eigenvalue weighted by Crippen LogP contribution is 2.44. The van der Waals surface area contributed by atoms with Crippen LogP contribution in [0.1, 0.15) is 53.5 Å². The predicted molar refractivity (Wildman–Crippen MR) is 120 cm³/mol. The molecule has 1 N–H and O–H groups in total. The Balaban J connectivity index is 1.19. The van der Waals surface area contributed by atoms with Crippen molar-refractivity contribution in [1.82, 2.24) is 5.32 Å². The molecule has 0 bridgehead atoms. The molecule has 0 spiro atoms. The third kappa shape index (κ3) is 4.22. The smallest absolute Gasteiger partial charge is 0.119 e. The van der Waals surface area contributed by atoms with Crippen molar-refractivity contribution in [3.05, 3.63) is 95.1 Å². The number of aryl methyl sites for hydroxylation is 1. The minimum absolute atomic E-state index is 0.437. The number of methoxy groups -OCH3 is 1. The molecule has 30 heavy (non-hydrogen) atoms. The highest BCUT2D eigenvalue weighted by molar-refractivity contribution is 5.40. The molecule has 0 aliphatic heterocycles. The van der Waals surface area contributed by atoms with E-state index < -0.39 is 0 Å². The summed E-state index contributed by atoms with van der Waals surface area (Å²) in [6, 6.07) is 26.5. The van der Waals surface area contributed by atoms with E-state index in [9.17, 15) is 0 Å². The van der Waals surface area contributed by atoms with E-state index >= 15 is 0 Å². The van der Waals surface area contributed by atoms with Gasteiger partial charge in [-0.2, -0.15) is 0 Å². The maximum Gasteiger partial charge on any atom is 0.119 e. The predicted octanol–water partition coefficient (Wildman–Crippen LogP) is 5.80. The highest BCUT2D eigenvalue weighted by atomic mass is 16.5. The Morgan fingerprint density at radius 1 is 0.933 bits per heavy atom. The fourth-order valence-electron chi connectivity index (χ4n) is 4.64. The molecule has 3 nitrogen and oxygen atoms in total. The van der Waals surface area contributed by atoms with Crippen molar-refractivity contribution in [3.8, 4) is 11.5 Å². The topological polar surface area (TPSA) is 30.5 Å². The first-order chi connectivity index (χ1) is 14.8. The van der Waals surface area contributed by atoms with Gasteiger partial charge in [-0.15, -0.1) is 0 Å². The molecule has 0 heterocycles. The van der Waals surface area contributed by atoms with Gasteiger partial charge in [0, 0.05) is 18.0 Å². The second-order valence-corrected chi connectivity index (χ2v) is 8.47. The molecular weight excluding hydrogens is 370 g/mol.